The van der Waals surface area contributed by atoms with Crippen LogP contribution in [-0.4, -0.2) is 25.1 Å². The minimum Gasteiger partial charge on any atom is -0.393 e. The van der Waals surface area contributed by atoms with Gasteiger partial charge in [0.25, 0.3) is 0 Å². The second-order valence-electron chi connectivity index (χ2n) is 8.76. The average molecular weight is 406 g/mol. The Kier molecular flexibility index (Phi) is 4.46. The number of aliphatic hydroxyl groups is 1. The van der Waals surface area contributed by atoms with Crippen molar-refractivity contribution < 1.29 is 30.9 Å². The molecule has 0 aromatic heterocycles. The molecule has 1 N–H and O–H groups in total. The molecule has 0 aromatic carbocycles. The summed E-state index contributed by atoms with van der Waals surface area (Å²) in [5.41, 5.74) is -4.42. The van der Waals surface area contributed by atoms with Crippen molar-refractivity contribution in [1.82, 2.24) is 0 Å². The van der Waals surface area contributed by atoms with Gasteiger partial charge in [0.1, 0.15) is 5.76 Å². The molecule has 152 valence electrons. The molecule has 0 spiro atoms. The molecule has 6 atom stereocenters. The van der Waals surface area contributed by atoms with Crippen LogP contribution in [0.3, 0.4) is 0 Å². The summed E-state index contributed by atoms with van der Waals surface area (Å²) in [6.07, 6.45) is 8.83. The quantitative estimate of drug-likeness (QED) is 0.549. The van der Waals surface area contributed by atoms with E-state index in [9.17, 15) is 26.7 Å². The molecule has 4 rings (SSSR count). The third kappa shape index (κ3) is 3.03. The first-order valence-electron chi connectivity index (χ1n) is 9.62. The van der Waals surface area contributed by atoms with E-state index in [1.54, 1.807) is 0 Å². The van der Waals surface area contributed by atoms with Gasteiger partial charge in [0.15, 0.2) is 0 Å². The van der Waals surface area contributed by atoms with E-state index < -0.39 is 15.6 Å². The summed E-state index contributed by atoms with van der Waals surface area (Å²) < 4.78 is 64.5. The van der Waals surface area contributed by atoms with Crippen LogP contribution in [0, 0.1) is 29.1 Å². The van der Waals surface area contributed by atoms with Crippen LogP contribution in [0.25, 0.3) is 0 Å². The number of fused-ring (bicyclic) bond motifs is 5. The molecule has 0 radical (unpaired) electrons. The van der Waals surface area contributed by atoms with Gasteiger partial charge in [-0.25, -0.2) is 0 Å². The Morgan fingerprint density at radius 3 is 2.63 bits per heavy atom. The fourth-order valence-electron chi connectivity index (χ4n) is 6.22. The summed E-state index contributed by atoms with van der Waals surface area (Å²) in [6, 6.07) is 0. The van der Waals surface area contributed by atoms with Gasteiger partial charge >= 0.3 is 15.6 Å². The van der Waals surface area contributed by atoms with Gasteiger partial charge in [-0.05, 0) is 86.2 Å². The zero-order valence-corrected chi connectivity index (χ0v) is 16.0. The molecule has 3 saturated carbocycles. The zero-order chi connectivity index (χ0) is 19.6. The molecular formula is C19H25F3O4S. The second kappa shape index (κ2) is 6.24. The molecular weight excluding hydrogens is 381 g/mol. The Morgan fingerprint density at radius 1 is 1.19 bits per heavy atom. The number of hydrogen-bond donors (Lipinski definition) is 1. The molecule has 0 aromatic rings. The summed E-state index contributed by atoms with van der Waals surface area (Å²) in [5, 5.41) is 10.4. The molecule has 3 fully saturated rings. The van der Waals surface area contributed by atoms with Gasteiger partial charge in [-0.15, -0.1) is 0 Å². The molecule has 0 aliphatic heterocycles. The Hall–Kier alpha value is -1.02. The predicted molar refractivity (Wildman–Crippen MR) is 92.6 cm³/mol. The maximum Gasteiger partial charge on any atom is 0.534 e. The first kappa shape index (κ1) is 19.3. The van der Waals surface area contributed by atoms with Crippen molar-refractivity contribution in [2.24, 2.45) is 29.1 Å². The van der Waals surface area contributed by atoms with Gasteiger partial charge in [0.05, 0.1) is 6.10 Å². The molecule has 0 heterocycles. The maximum atomic E-state index is 12.6. The molecule has 1 unspecified atom stereocenters. The van der Waals surface area contributed by atoms with Crippen LogP contribution in [0.2, 0.25) is 0 Å². The minimum absolute atomic E-state index is 0.0120. The van der Waals surface area contributed by atoms with Crippen LogP contribution >= 0.6 is 0 Å². The molecule has 4 nitrogen and oxygen atoms in total. The van der Waals surface area contributed by atoms with Gasteiger partial charge < -0.3 is 9.29 Å². The fourth-order valence-corrected chi connectivity index (χ4v) is 6.68. The van der Waals surface area contributed by atoms with Crippen molar-refractivity contribution in [3.8, 4) is 0 Å². The van der Waals surface area contributed by atoms with E-state index in [1.807, 2.05) is 0 Å². The lowest BCUT2D eigenvalue weighted by Gasteiger charge is -2.53. The molecule has 0 bridgehead atoms. The minimum atomic E-state index is -5.63. The average Bonchev–Trinajstić information content (AvgIpc) is 2.88. The van der Waals surface area contributed by atoms with E-state index in [-0.39, 0.29) is 23.2 Å². The van der Waals surface area contributed by atoms with Crippen LogP contribution in [0.15, 0.2) is 23.5 Å². The summed E-state index contributed by atoms with van der Waals surface area (Å²) in [7, 11) is -5.63. The molecule has 4 aliphatic carbocycles. The van der Waals surface area contributed by atoms with Crippen LogP contribution in [0.5, 0.6) is 0 Å². The van der Waals surface area contributed by atoms with Gasteiger partial charge in [0, 0.05) is 0 Å². The Labute approximate surface area is 157 Å². The predicted octanol–water partition coefficient (Wildman–Crippen LogP) is 4.28. The van der Waals surface area contributed by atoms with Crippen molar-refractivity contribution in [1.29, 1.82) is 0 Å². The molecule has 0 saturated heterocycles. The van der Waals surface area contributed by atoms with Gasteiger partial charge in [-0.1, -0.05) is 12.5 Å². The van der Waals surface area contributed by atoms with Crippen molar-refractivity contribution >= 4 is 10.1 Å². The zero-order valence-electron chi connectivity index (χ0n) is 15.2. The monoisotopic (exact) mass is 406 g/mol. The second-order valence-corrected chi connectivity index (χ2v) is 10.3. The number of alkyl halides is 3. The van der Waals surface area contributed by atoms with Gasteiger partial charge in [0.2, 0.25) is 0 Å². The number of hydrogen-bond acceptors (Lipinski definition) is 4. The number of rotatable bonds is 2. The van der Waals surface area contributed by atoms with Gasteiger partial charge in [-0.3, -0.25) is 0 Å². The highest BCUT2D eigenvalue weighted by atomic mass is 32.2. The molecule has 4 aliphatic rings. The van der Waals surface area contributed by atoms with E-state index in [2.05, 4.69) is 11.1 Å². The first-order chi connectivity index (χ1) is 12.5. The number of aliphatic hydroxyl groups excluding tert-OH is 1. The lowest BCUT2D eigenvalue weighted by Crippen LogP contribution is -2.47. The fraction of sp³-hybridized carbons (Fsp3) is 0.789. The normalized spacial score (nSPS) is 41.7. The lowest BCUT2D eigenvalue weighted by atomic mass is 9.52. The van der Waals surface area contributed by atoms with Crippen LogP contribution in [-0.2, 0) is 14.3 Å². The van der Waals surface area contributed by atoms with Crippen LogP contribution < -0.4 is 0 Å². The smallest absolute Gasteiger partial charge is 0.393 e. The maximum absolute atomic E-state index is 12.6. The van der Waals surface area contributed by atoms with Crippen molar-refractivity contribution in [2.75, 3.05) is 0 Å². The van der Waals surface area contributed by atoms with E-state index in [0.29, 0.717) is 24.2 Å². The Morgan fingerprint density at radius 2 is 1.93 bits per heavy atom. The SMILES string of the molecule is C[C@]12CC[C@@H]3C4CC=C(OS(=O)(=O)C(F)(F)F)C=C4CC[C@H]3[C@@H]1CC[C@@H]2O. The number of allylic oxidation sites excluding steroid dienone is 3. The third-order valence-corrected chi connectivity index (χ3v) is 8.57. The summed E-state index contributed by atoms with van der Waals surface area (Å²) in [6.45, 7) is 2.20. The highest BCUT2D eigenvalue weighted by Gasteiger charge is 2.56. The first-order valence-corrected chi connectivity index (χ1v) is 11.0. The third-order valence-electron chi connectivity index (χ3n) is 7.59. The highest BCUT2D eigenvalue weighted by molar-refractivity contribution is 7.87. The van der Waals surface area contributed by atoms with Gasteiger partial charge in [-0.2, -0.15) is 21.6 Å². The van der Waals surface area contributed by atoms with Crippen LogP contribution in [0.4, 0.5) is 13.2 Å². The highest BCUT2D eigenvalue weighted by Crippen LogP contribution is 2.61. The summed E-state index contributed by atoms with van der Waals surface area (Å²) >= 11 is 0. The Balaban J connectivity index is 1.51. The largest absolute Gasteiger partial charge is 0.534 e. The van der Waals surface area contributed by atoms with Crippen molar-refractivity contribution in [3.05, 3.63) is 23.5 Å². The molecule has 8 heteroatoms. The summed E-state index contributed by atoms with van der Waals surface area (Å²) in [5.74, 6) is 1.50. The lowest BCUT2D eigenvalue weighted by molar-refractivity contribution is -0.0533. The van der Waals surface area contributed by atoms with E-state index >= 15 is 0 Å². The topological polar surface area (TPSA) is 63.6 Å². The van der Waals surface area contributed by atoms with E-state index in [0.717, 1.165) is 44.1 Å². The van der Waals surface area contributed by atoms with Crippen molar-refractivity contribution in [3.63, 3.8) is 0 Å². The number of halogens is 3. The summed E-state index contributed by atoms with van der Waals surface area (Å²) in [4.78, 5) is 0. The van der Waals surface area contributed by atoms with Crippen LogP contribution in [0.1, 0.15) is 51.9 Å². The Bertz CT molecular complexity index is 785. The van der Waals surface area contributed by atoms with Crippen molar-refractivity contribution in [2.45, 2.75) is 63.5 Å². The molecule has 27 heavy (non-hydrogen) atoms. The standard InChI is InChI=1S/C19H25F3O4S/c1-18-9-8-14-13-5-3-12(26-27(24,25)19(20,21)22)10-11(13)2-4-15(14)16(18)6-7-17(18)23/h3,10,13-17,23H,2,4-9H2,1H3/t13?,14-,15-,16+,17+,18+/m1/s1. The molecule has 0 amide bonds. The van der Waals surface area contributed by atoms with E-state index in [4.69, 9.17) is 0 Å². The van der Waals surface area contributed by atoms with E-state index in [1.165, 1.54) is 12.2 Å².